The van der Waals surface area contributed by atoms with E-state index in [2.05, 4.69) is 15.9 Å². The summed E-state index contributed by atoms with van der Waals surface area (Å²) in [5, 5.41) is -0.465. The first-order valence-electron chi connectivity index (χ1n) is 11.1. The first kappa shape index (κ1) is 25.2. The first-order valence-corrected chi connectivity index (χ1v) is 12.7. The third-order valence-corrected chi connectivity index (χ3v) is 7.19. The zero-order valence-electron chi connectivity index (χ0n) is 19.1. The van der Waals surface area contributed by atoms with Crippen molar-refractivity contribution in [2.75, 3.05) is 26.7 Å². The molecule has 2 aromatic carbocycles. The lowest BCUT2D eigenvalue weighted by molar-refractivity contribution is -0.136. The summed E-state index contributed by atoms with van der Waals surface area (Å²) in [4.78, 5) is 40.8. The smallest absolute Gasteiger partial charge is 0.294 e. The van der Waals surface area contributed by atoms with E-state index in [9.17, 15) is 18.8 Å². The van der Waals surface area contributed by atoms with Gasteiger partial charge in [0.25, 0.3) is 11.1 Å². The summed E-state index contributed by atoms with van der Waals surface area (Å²) in [6, 6.07) is 9.52. The summed E-state index contributed by atoms with van der Waals surface area (Å²) >= 11 is 4.27. The van der Waals surface area contributed by atoms with Crippen LogP contribution in [0.25, 0.3) is 6.08 Å². The highest BCUT2D eigenvalue weighted by molar-refractivity contribution is 9.10. The molecule has 0 N–H and O–H groups in total. The Balaban J connectivity index is 1.48. The largest absolute Gasteiger partial charge is 0.493 e. The second-order valence-corrected chi connectivity index (χ2v) is 10.0. The molecule has 0 spiro atoms. The summed E-state index contributed by atoms with van der Waals surface area (Å²) in [6.07, 6.45) is 4.54. The Hall–Kier alpha value is -2.85. The predicted molar refractivity (Wildman–Crippen MR) is 135 cm³/mol. The standard InChI is InChI=1S/C25H24BrFN2O5S/c1-33-20-12-17(11-19(26)23(20)34-15-16-6-5-7-18(27)10-16)13-21-24(31)29(25(32)35-21)14-22(30)28-8-3-2-4-9-28/h5-7,10-13H,2-4,8-9,14-15H2,1H3/b21-13-. The number of ether oxygens (including phenoxy) is 2. The normalized spacial score (nSPS) is 17.3. The summed E-state index contributed by atoms with van der Waals surface area (Å²) < 4.78 is 25.3. The number of carbonyl (C=O) groups excluding carboxylic acids is 3. The highest BCUT2D eigenvalue weighted by Gasteiger charge is 2.37. The van der Waals surface area contributed by atoms with Crippen LogP contribution in [0.3, 0.4) is 0 Å². The third-order valence-electron chi connectivity index (χ3n) is 5.70. The van der Waals surface area contributed by atoms with Crippen LogP contribution in [-0.4, -0.2) is 53.6 Å². The minimum atomic E-state index is -0.494. The van der Waals surface area contributed by atoms with Gasteiger partial charge in [-0.1, -0.05) is 12.1 Å². The third kappa shape index (κ3) is 6.05. The van der Waals surface area contributed by atoms with Gasteiger partial charge in [0.05, 0.1) is 16.5 Å². The molecule has 0 atom stereocenters. The molecule has 10 heteroatoms. The Morgan fingerprint density at radius 2 is 1.94 bits per heavy atom. The maximum absolute atomic E-state index is 13.4. The van der Waals surface area contributed by atoms with Crippen molar-refractivity contribution in [1.82, 2.24) is 9.80 Å². The van der Waals surface area contributed by atoms with Crippen molar-refractivity contribution in [3.63, 3.8) is 0 Å². The van der Waals surface area contributed by atoms with Crippen molar-refractivity contribution < 1.29 is 28.2 Å². The van der Waals surface area contributed by atoms with E-state index in [-0.39, 0.29) is 29.8 Å². The van der Waals surface area contributed by atoms with Gasteiger partial charge in [-0.2, -0.15) is 0 Å². The maximum atomic E-state index is 13.4. The van der Waals surface area contributed by atoms with Gasteiger partial charge in [-0.15, -0.1) is 0 Å². The summed E-state index contributed by atoms with van der Waals surface area (Å²) in [6.45, 7) is 1.20. The fourth-order valence-electron chi connectivity index (χ4n) is 3.91. The highest BCUT2D eigenvalue weighted by Crippen LogP contribution is 2.39. The van der Waals surface area contributed by atoms with E-state index in [0.717, 1.165) is 35.9 Å². The Kier molecular flexibility index (Phi) is 8.12. The Bertz CT molecular complexity index is 1180. The van der Waals surface area contributed by atoms with Crippen LogP contribution in [0.2, 0.25) is 0 Å². The molecule has 184 valence electrons. The molecule has 2 fully saturated rings. The van der Waals surface area contributed by atoms with E-state index in [1.54, 1.807) is 35.2 Å². The SMILES string of the molecule is COc1cc(/C=C2\SC(=O)N(CC(=O)N3CCCCC3)C2=O)cc(Br)c1OCc1cccc(F)c1. The molecule has 2 aromatic rings. The molecule has 0 saturated carbocycles. The van der Waals surface area contributed by atoms with Crippen molar-refractivity contribution in [3.8, 4) is 11.5 Å². The van der Waals surface area contributed by atoms with E-state index in [1.165, 1.54) is 19.2 Å². The van der Waals surface area contributed by atoms with Crippen LogP contribution in [0.15, 0.2) is 45.8 Å². The van der Waals surface area contributed by atoms with E-state index in [1.807, 2.05) is 0 Å². The molecular formula is C25H24BrFN2O5S. The molecule has 2 heterocycles. The minimum Gasteiger partial charge on any atom is -0.493 e. The lowest BCUT2D eigenvalue weighted by atomic mass is 10.1. The van der Waals surface area contributed by atoms with Crippen LogP contribution in [-0.2, 0) is 16.2 Å². The van der Waals surface area contributed by atoms with Gasteiger partial charge in [0.1, 0.15) is 19.0 Å². The number of nitrogens with zero attached hydrogens (tertiary/aromatic N) is 2. The van der Waals surface area contributed by atoms with Crippen LogP contribution >= 0.6 is 27.7 Å². The lowest BCUT2D eigenvalue weighted by Crippen LogP contribution is -2.44. The van der Waals surface area contributed by atoms with Gasteiger partial charge in [-0.25, -0.2) is 4.39 Å². The summed E-state index contributed by atoms with van der Waals surface area (Å²) in [5.41, 5.74) is 1.27. The molecule has 0 radical (unpaired) electrons. The van der Waals surface area contributed by atoms with Crippen molar-refractivity contribution in [2.24, 2.45) is 0 Å². The molecule has 0 bridgehead atoms. The van der Waals surface area contributed by atoms with Gasteiger partial charge in [0, 0.05) is 13.1 Å². The number of amides is 3. The second kappa shape index (κ2) is 11.3. The number of piperidine rings is 1. The van der Waals surface area contributed by atoms with Gasteiger partial charge < -0.3 is 14.4 Å². The molecule has 3 amide bonds. The summed E-state index contributed by atoms with van der Waals surface area (Å²) in [7, 11) is 1.49. The average molecular weight is 563 g/mol. The fraction of sp³-hybridized carbons (Fsp3) is 0.320. The number of thioether (sulfide) groups is 1. The lowest BCUT2D eigenvalue weighted by Gasteiger charge is -2.27. The number of carbonyl (C=O) groups is 3. The number of hydrogen-bond acceptors (Lipinski definition) is 6. The number of hydrogen-bond donors (Lipinski definition) is 0. The number of methoxy groups -OCH3 is 1. The topological polar surface area (TPSA) is 76.2 Å². The van der Waals surface area contributed by atoms with Gasteiger partial charge in [-0.3, -0.25) is 19.3 Å². The molecule has 0 unspecified atom stereocenters. The quantitative estimate of drug-likeness (QED) is 0.430. The molecule has 4 rings (SSSR count). The van der Waals surface area contributed by atoms with Crippen LogP contribution in [0, 0.1) is 5.82 Å². The van der Waals surface area contributed by atoms with Crippen molar-refractivity contribution >= 4 is 50.8 Å². The van der Waals surface area contributed by atoms with E-state index >= 15 is 0 Å². The second-order valence-electron chi connectivity index (χ2n) is 8.16. The molecular weight excluding hydrogens is 539 g/mol. The number of benzene rings is 2. The highest BCUT2D eigenvalue weighted by atomic mass is 79.9. The monoisotopic (exact) mass is 562 g/mol. The molecule has 35 heavy (non-hydrogen) atoms. The molecule has 7 nitrogen and oxygen atoms in total. The Labute approximate surface area is 215 Å². The average Bonchev–Trinajstić information content (AvgIpc) is 3.10. The van der Waals surface area contributed by atoms with E-state index in [4.69, 9.17) is 9.47 Å². The maximum Gasteiger partial charge on any atom is 0.294 e. The molecule has 2 saturated heterocycles. The van der Waals surface area contributed by atoms with Crippen molar-refractivity contribution in [1.29, 1.82) is 0 Å². The zero-order valence-corrected chi connectivity index (χ0v) is 21.5. The number of imide groups is 1. The van der Waals surface area contributed by atoms with Crippen LogP contribution in [0.5, 0.6) is 11.5 Å². The Morgan fingerprint density at radius 3 is 2.66 bits per heavy atom. The van der Waals surface area contributed by atoms with Gasteiger partial charge in [-0.05, 0) is 88.4 Å². The number of halogens is 2. The van der Waals surface area contributed by atoms with E-state index < -0.39 is 11.1 Å². The van der Waals surface area contributed by atoms with E-state index in [0.29, 0.717) is 40.2 Å². The molecule has 2 aliphatic heterocycles. The number of rotatable bonds is 7. The van der Waals surface area contributed by atoms with Gasteiger partial charge in [0.15, 0.2) is 11.5 Å². The molecule has 0 aliphatic carbocycles. The summed E-state index contributed by atoms with van der Waals surface area (Å²) in [5.74, 6) is -0.223. The van der Waals surface area contributed by atoms with Crippen LogP contribution in [0.1, 0.15) is 30.4 Å². The number of likely N-dealkylation sites (tertiary alicyclic amines) is 1. The van der Waals surface area contributed by atoms with Crippen molar-refractivity contribution in [3.05, 3.63) is 62.7 Å². The fourth-order valence-corrected chi connectivity index (χ4v) is 5.32. The van der Waals surface area contributed by atoms with Gasteiger partial charge in [0.2, 0.25) is 5.91 Å². The predicted octanol–water partition coefficient (Wildman–Crippen LogP) is 5.22. The Morgan fingerprint density at radius 1 is 1.17 bits per heavy atom. The van der Waals surface area contributed by atoms with Gasteiger partial charge >= 0.3 is 0 Å². The zero-order chi connectivity index (χ0) is 24.9. The van der Waals surface area contributed by atoms with Crippen LogP contribution < -0.4 is 9.47 Å². The van der Waals surface area contributed by atoms with Crippen LogP contribution in [0.4, 0.5) is 9.18 Å². The minimum absolute atomic E-state index is 0.135. The van der Waals surface area contributed by atoms with Crippen molar-refractivity contribution in [2.45, 2.75) is 25.9 Å². The molecule has 2 aliphatic rings. The first-order chi connectivity index (χ1) is 16.9. The molecule has 0 aromatic heterocycles.